The quantitative estimate of drug-likeness (QED) is 0.399. The molecule has 11 heteroatoms. The zero-order valence-electron chi connectivity index (χ0n) is 20.5. The topological polar surface area (TPSA) is 106 Å². The molecule has 1 amide bonds. The van der Waals surface area contributed by atoms with Gasteiger partial charge in [0.2, 0.25) is 10.0 Å². The predicted molar refractivity (Wildman–Crippen MR) is 142 cm³/mol. The van der Waals surface area contributed by atoms with Crippen molar-refractivity contribution in [2.24, 2.45) is 0 Å². The van der Waals surface area contributed by atoms with Crippen molar-refractivity contribution in [3.8, 4) is 0 Å². The number of aryl methyl sites for hydroxylation is 1. The van der Waals surface area contributed by atoms with E-state index in [-0.39, 0.29) is 23.1 Å². The third-order valence-electron chi connectivity index (χ3n) is 6.27. The largest absolute Gasteiger partial charge is 0.464 e. The number of hydrogen-bond donors (Lipinski definition) is 1. The lowest BCUT2D eigenvalue weighted by atomic mass is 9.99. The fourth-order valence-electron chi connectivity index (χ4n) is 4.16. The van der Waals surface area contributed by atoms with Gasteiger partial charge in [-0.15, -0.1) is 11.3 Å². The molecule has 1 aliphatic heterocycles. The van der Waals surface area contributed by atoms with Gasteiger partial charge in [0, 0.05) is 29.4 Å². The van der Waals surface area contributed by atoms with E-state index in [1.165, 1.54) is 21.7 Å². The summed E-state index contributed by atoms with van der Waals surface area (Å²) >= 11 is 7.50. The van der Waals surface area contributed by atoms with E-state index in [4.69, 9.17) is 16.3 Å². The Morgan fingerprint density at radius 1 is 1.19 bits per heavy atom. The first-order valence-electron chi connectivity index (χ1n) is 11.9. The van der Waals surface area contributed by atoms with Crippen molar-refractivity contribution in [2.75, 3.05) is 19.7 Å². The van der Waals surface area contributed by atoms with Gasteiger partial charge in [-0.1, -0.05) is 48.0 Å². The van der Waals surface area contributed by atoms with Crippen molar-refractivity contribution in [1.82, 2.24) is 14.6 Å². The zero-order chi connectivity index (χ0) is 26.6. The fourth-order valence-corrected chi connectivity index (χ4v) is 6.87. The van der Waals surface area contributed by atoms with Gasteiger partial charge in [-0.25, -0.2) is 18.2 Å². The molecule has 1 fully saturated rings. The third-order valence-corrected chi connectivity index (χ3v) is 9.58. The molecule has 3 aromatic rings. The maximum absolute atomic E-state index is 13.1. The molecule has 0 bridgehead atoms. The predicted octanol–water partition coefficient (Wildman–Crippen LogP) is 4.71. The van der Waals surface area contributed by atoms with E-state index in [1.807, 2.05) is 13.0 Å². The molecule has 1 saturated heterocycles. The van der Waals surface area contributed by atoms with Crippen LogP contribution in [0, 0.1) is 6.92 Å². The van der Waals surface area contributed by atoms with Crippen molar-refractivity contribution in [3.63, 3.8) is 0 Å². The smallest absolute Gasteiger partial charge is 0.333 e. The van der Waals surface area contributed by atoms with Gasteiger partial charge in [0.05, 0.1) is 16.5 Å². The zero-order valence-corrected chi connectivity index (χ0v) is 22.9. The molecule has 196 valence electrons. The number of halogens is 1. The minimum atomic E-state index is -3.64. The van der Waals surface area contributed by atoms with Crippen molar-refractivity contribution in [3.05, 3.63) is 80.8 Å². The van der Waals surface area contributed by atoms with Crippen LogP contribution in [0.25, 0.3) is 0 Å². The number of benzene rings is 2. The highest BCUT2D eigenvalue weighted by Gasteiger charge is 2.32. The van der Waals surface area contributed by atoms with Gasteiger partial charge in [0.15, 0.2) is 6.04 Å². The van der Waals surface area contributed by atoms with Crippen LogP contribution >= 0.6 is 22.9 Å². The summed E-state index contributed by atoms with van der Waals surface area (Å²) < 4.78 is 32.8. The number of rotatable bonds is 8. The number of aromatic nitrogens is 1. The number of carbonyl (C=O) groups excluding carboxylic acids is 2. The minimum Gasteiger partial charge on any atom is -0.464 e. The number of piperidine rings is 1. The Morgan fingerprint density at radius 3 is 2.54 bits per heavy atom. The van der Waals surface area contributed by atoms with Gasteiger partial charge >= 0.3 is 5.97 Å². The molecule has 0 saturated carbocycles. The molecule has 1 aliphatic rings. The van der Waals surface area contributed by atoms with E-state index < -0.39 is 27.9 Å². The summed E-state index contributed by atoms with van der Waals surface area (Å²) in [7, 11) is -3.64. The van der Waals surface area contributed by atoms with Crippen LogP contribution in [0.4, 0.5) is 0 Å². The molecule has 2 heterocycles. The maximum atomic E-state index is 13.1. The molecular formula is C26H28ClN3O5S2. The number of nitrogens with one attached hydrogen (secondary N) is 1. The second-order valence-electron chi connectivity index (χ2n) is 8.73. The normalized spacial score (nSPS) is 15.8. The van der Waals surface area contributed by atoms with Crippen LogP contribution in [0.3, 0.4) is 0 Å². The Morgan fingerprint density at radius 2 is 1.89 bits per heavy atom. The maximum Gasteiger partial charge on any atom is 0.333 e. The van der Waals surface area contributed by atoms with Gasteiger partial charge in [-0.2, -0.15) is 4.31 Å². The molecule has 1 N–H and O–H groups in total. The number of sulfonamides is 1. The Kier molecular flexibility index (Phi) is 8.63. The highest BCUT2D eigenvalue weighted by Crippen LogP contribution is 2.33. The second kappa shape index (κ2) is 11.7. The van der Waals surface area contributed by atoms with Crippen molar-refractivity contribution < 1.29 is 22.7 Å². The fraction of sp³-hybridized carbons (Fsp3) is 0.346. The average molecular weight is 562 g/mol. The Balaban J connectivity index is 1.41. The number of hydrogen-bond acceptors (Lipinski definition) is 7. The summed E-state index contributed by atoms with van der Waals surface area (Å²) in [6, 6.07) is 12.7. The molecule has 0 spiro atoms. The van der Waals surface area contributed by atoms with Crippen LogP contribution in [-0.4, -0.2) is 49.3 Å². The summed E-state index contributed by atoms with van der Waals surface area (Å²) in [5.74, 6) is -0.976. The van der Waals surface area contributed by atoms with E-state index >= 15 is 0 Å². The van der Waals surface area contributed by atoms with E-state index in [2.05, 4.69) is 10.3 Å². The van der Waals surface area contributed by atoms with Crippen molar-refractivity contribution in [2.45, 2.75) is 43.5 Å². The molecule has 1 aromatic heterocycles. The molecule has 1 unspecified atom stereocenters. The number of ether oxygens (including phenoxy) is 1. The molecule has 0 aliphatic carbocycles. The van der Waals surface area contributed by atoms with E-state index in [1.54, 1.807) is 48.7 Å². The minimum absolute atomic E-state index is 0.0367. The number of carbonyl (C=O) groups is 2. The first kappa shape index (κ1) is 27.3. The lowest BCUT2D eigenvalue weighted by Gasteiger charge is -2.30. The van der Waals surface area contributed by atoms with Gasteiger partial charge in [0.25, 0.3) is 5.91 Å². The van der Waals surface area contributed by atoms with Gasteiger partial charge in [-0.05, 0) is 49.9 Å². The van der Waals surface area contributed by atoms with Gasteiger partial charge < -0.3 is 10.1 Å². The first-order valence-corrected chi connectivity index (χ1v) is 14.6. The van der Waals surface area contributed by atoms with Crippen LogP contribution < -0.4 is 5.32 Å². The molecule has 8 nitrogen and oxygen atoms in total. The lowest BCUT2D eigenvalue weighted by molar-refractivity contribution is -0.145. The van der Waals surface area contributed by atoms with Crippen LogP contribution in [0.2, 0.25) is 5.02 Å². The SMILES string of the molecule is CCOC(=O)C(NC(=O)c1csc(C2CCN(S(=O)(=O)c3ccc(C)c(Cl)c3)CC2)n1)c1ccccc1. The van der Waals surface area contributed by atoms with Crippen LogP contribution in [0.5, 0.6) is 0 Å². The van der Waals surface area contributed by atoms with Crippen LogP contribution in [0.1, 0.15) is 58.3 Å². The molecule has 0 radical (unpaired) electrons. The monoisotopic (exact) mass is 561 g/mol. The van der Waals surface area contributed by atoms with Crippen molar-refractivity contribution >= 4 is 44.8 Å². The third kappa shape index (κ3) is 6.20. The number of esters is 1. The van der Waals surface area contributed by atoms with Crippen LogP contribution in [0.15, 0.2) is 58.8 Å². The van der Waals surface area contributed by atoms with E-state index in [9.17, 15) is 18.0 Å². The Labute approximate surface area is 225 Å². The lowest BCUT2D eigenvalue weighted by Crippen LogP contribution is -2.38. The Bertz CT molecular complexity index is 1370. The summed E-state index contributed by atoms with van der Waals surface area (Å²) in [5.41, 5.74) is 1.66. The highest BCUT2D eigenvalue weighted by atomic mass is 35.5. The number of amides is 1. The second-order valence-corrected chi connectivity index (χ2v) is 12.0. The highest BCUT2D eigenvalue weighted by molar-refractivity contribution is 7.89. The average Bonchev–Trinajstić information content (AvgIpc) is 3.40. The molecule has 4 rings (SSSR count). The molecule has 1 atom stereocenters. The molecular weight excluding hydrogens is 534 g/mol. The molecule has 2 aromatic carbocycles. The van der Waals surface area contributed by atoms with E-state index in [0.717, 1.165) is 10.6 Å². The van der Waals surface area contributed by atoms with Crippen LogP contribution in [-0.2, 0) is 19.6 Å². The Hall–Kier alpha value is -2.79. The molecule has 37 heavy (non-hydrogen) atoms. The van der Waals surface area contributed by atoms with Gasteiger partial charge in [0.1, 0.15) is 5.69 Å². The number of thiazole rings is 1. The number of nitrogens with zero attached hydrogens (tertiary/aromatic N) is 2. The van der Waals surface area contributed by atoms with E-state index in [0.29, 0.717) is 36.5 Å². The van der Waals surface area contributed by atoms with Crippen molar-refractivity contribution in [1.29, 1.82) is 0 Å². The summed E-state index contributed by atoms with van der Waals surface area (Å²) in [5, 5.41) is 5.59. The summed E-state index contributed by atoms with van der Waals surface area (Å²) in [6.45, 7) is 4.42. The van der Waals surface area contributed by atoms with Gasteiger partial charge in [-0.3, -0.25) is 4.79 Å². The summed E-state index contributed by atoms with van der Waals surface area (Å²) in [4.78, 5) is 30.2. The first-order chi connectivity index (χ1) is 17.7. The summed E-state index contributed by atoms with van der Waals surface area (Å²) in [6.07, 6.45) is 1.17. The standard InChI is InChI=1S/C26H28ClN3O5S2/c1-3-35-26(32)23(18-7-5-4-6-8-18)29-24(31)22-16-36-25(28-22)19-11-13-30(14-12-19)37(33,34)20-10-9-17(2)21(27)15-20/h4-10,15-16,19,23H,3,11-14H2,1-2H3,(H,29,31).